The van der Waals surface area contributed by atoms with Gasteiger partial charge in [-0.1, -0.05) is 12.1 Å². The maximum Gasteiger partial charge on any atom is 0.241 e. The molecule has 2 amide bonds. The fourth-order valence-electron chi connectivity index (χ4n) is 4.88. The summed E-state index contributed by atoms with van der Waals surface area (Å²) in [6, 6.07) is 6.88. The molecule has 1 aromatic carbocycles. The van der Waals surface area contributed by atoms with Gasteiger partial charge in [0, 0.05) is 51.8 Å². The molecule has 3 heterocycles. The van der Waals surface area contributed by atoms with Crippen LogP contribution >= 0.6 is 12.2 Å². The molecule has 5 rings (SSSR count). The molecule has 196 valence electrons. The summed E-state index contributed by atoms with van der Waals surface area (Å²) in [6.45, 7) is 5.23. The van der Waals surface area contributed by atoms with Crippen molar-refractivity contribution in [2.45, 2.75) is 19.3 Å². The second-order valence-electron chi connectivity index (χ2n) is 9.32. The van der Waals surface area contributed by atoms with Gasteiger partial charge in [-0.15, -0.1) is 0 Å². The Morgan fingerprint density at radius 1 is 1.11 bits per heavy atom. The van der Waals surface area contributed by atoms with Crippen molar-refractivity contribution in [2.75, 3.05) is 57.5 Å². The molecule has 1 atom stereocenters. The minimum atomic E-state index is -0.547. The number of halogens is 1. The van der Waals surface area contributed by atoms with Crippen LogP contribution < -0.4 is 10.2 Å². The molecule has 1 unspecified atom stereocenters. The summed E-state index contributed by atoms with van der Waals surface area (Å²) in [6.07, 6.45) is 5.05. The highest BCUT2D eigenvalue weighted by Crippen LogP contribution is 2.31. The maximum absolute atomic E-state index is 14.0. The van der Waals surface area contributed by atoms with E-state index in [4.69, 9.17) is 21.7 Å². The number of rotatable bonds is 9. The molecule has 4 aliphatic rings. The SMILES string of the molecule is O=C(CCCN1C(=O)C2C=C3OCOC3=CC2=NC1=S)NCCCN1CCN(c2ccccc2F)CC1. The monoisotopic (exact) mass is 527 g/mol. The number of nitrogens with one attached hydrogen (secondary N) is 1. The summed E-state index contributed by atoms with van der Waals surface area (Å²) < 4.78 is 24.7. The Bertz CT molecular complexity index is 1160. The first-order valence-electron chi connectivity index (χ1n) is 12.6. The second kappa shape index (κ2) is 11.4. The van der Waals surface area contributed by atoms with Gasteiger partial charge in [0.05, 0.1) is 11.4 Å². The standard InChI is InChI=1S/C26H30FN5O4S/c27-19-5-1-2-6-21(19)31-13-11-30(12-14-31)9-4-8-28-24(33)7-3-10-32-25(34)18-15-22-23(36-17-35-22)16-20(18)29-26(32)37/h1-2,5-6,15-16,18H,3-4,7-14,17H2,(H,28,33). The average molecular weight is 528 g/mol. The lowest BCUT2D eigenvalue weighted by molar-refractivity contribution is -0.129. The van der Waals surface area contributed by atoms with Crippen LogP contribution in [0.2, 0.25) is 0 Å². The van der Waals surface area contributed by atoms with E-state index in [-0.39, 0.29) is 29.5 Å². The number of carbonyl (C=O) groups is 2. The number of piperazine rings is 1. The highest BCUT2D eigenvalue weighted by molar-refractivity contribution is 7.80. The van der Waals surface area contributed by atoms with Crippen LogP contribution in [0, 0.1) is 11.7 Å². The summed E-state index contributed by atoms with van der Waals surface area (Å²) >= 11 is 5.33. The maximum atomic E-state index is 14.0. The second-order valence-corrected chi connectivity index (χ2v) is 9.69. The van der Waals surface area contributed by atoms with Gasteiger partial charge in [0.25, 0.3) is 0 Å². The molecule has 0 radical (unpaired) electrons. The van der Waals surface area contributed by atoms with E-state index >= 15 is 0 Å². The number of amides is 2. The predicted octanol–water partition coefficient (Wildman–Crippen LogP) is 2.20. The van der Waals surface area contributed by atoms with Crippen LogP contribution in [0.25, 0.3) is 0 Å². The van der Waals surface area contributed by atoms with Crippen molar-refractivity contribution in [3.05, 3.63) is 53.8 Å². The third-order valence-electron chi connectivity index (χ3n) is 6.90. The van der Waals surface area contributed by atoms with Gasteiger partial charge in [-0.05, 0) is 49.8 Å². The van der Waals surface area contributed by atoms with Gasteiger partial charge < -0.3 is 19.7 Å². The van der Waals surface area contributed by atoms with Gasteiger partial charge in [-0.2, -0.15) is 0 Å². The number of aliphatic imine (C=N–C) groups is 1. The van der Waals surface area contributed by atoms with Crippen molar-refractivity contribution in [1.29, 1.82) is 0 Å². The third-order valence-corrected chi connectivity index (χ3v) is 7.21. The molecule has 1 aliphatic carbocycles. The van der Waals surface area contributed by atoms with E-state index in [0.717, 1.165) is 39.1 Å². The Hall–Kier alpha value is -3.31. The van der Waals surface area contributed by atoms with Gasteiger partial charge in [0.15, 0.2) is 11.5 Å². The van der Waals surface area contributed by atoms with E-state index in [2.05, 4.69) is 20.1 Å². The minimum absolute atomic E-state index is 0.0483. The van der Waals surface area contributed by atoms with Crippen LogP contribution in [0.3, 0.4) is 0 Å². The Balaban J connectivity index is 0.980. The summed E-state index contributed by atoms with van der Waals surface area (Å²) in [5, 5.41) is 3.17. The van der Waals surface area contributed by atoms with Gasteiger partial charge in [0.2, 0.25) is 23.7 Å². The van der Waals surface area contributed by atoms with E-state index in [1.54, 1.807) is 18.2 Å². The van der Waals surface area contributed by atoms with Crippen LogP contribution in [0.4, 0.5) is 10.1 Å². The van der Waals surface area contributed by atoms with E-state index in [0.29, 0.717) is 48.8 Å². The summed E-state index contributed by atoms with van der Waals surface area (Å²) in [5.74, 6) is 0.182. The van der Waals surface area contributed by atoms with Crippen LogP contribution in [0.15, 0.2) is 52.9 Å². The smallest absolute Gasteiger partial charge is 0.241 e. The highest BCUT2D eigenvalue weighted by atomic mass is 32.1. The topological polar surface area (TPSA) is 86.7 Å². The number of hydrogen-bond donors (Lipinski definition) is 1. The lowest BCUT2D eigenvalue weighted by atomic mass is 9.94. The lowest BCUT2D eigenvalue weighted by Gasteiger charge is -2.36. The summed E-state index contributed by atoms with van der Waals surface area (Å²) in [4.78, 5) is 35.5. The van der Waals surface area contributed by atoms with Crippen molar-refractivity contribution >= 4 is 40.5 Å². The van der Waals surface area contributed by atoms with Crippen molar-refractivity contribution in [3.8, 4) is 0 Å². The van der Waals surface area contributed by atoms with E-state index in [1.165, 1.54) is 11.0 Å². The number of benzene rings is 1. The zero-order chi connectivity index (χ0) is 25.8. The molecular formula is C26H30FN5O4S. The van der Waals surface area contributed by atoms with Crippen molar-refractivity contribution < 1.29 is 23.5 Å². The van der Waals surface area contributed by atoms with Crippen molar-refractivity contribution in [3.63, 3.8) is 0 Å². The number of ether oxygens (including phenoxy) is 2. The molecule has 3 aliphatic heterocycles. The first-order valence-corrected chi connectivity index (χ1v) is 13.0. The first-order chi connectivity index (χ1) is 18.0. The number of fused-ring (bicyclic) bond motifs is 2. The molecule has 9 nitrogen and oxygen atoms in total. The quantitative estimate of drug-likeness (QED) is 0.389. The summed E-state index contributed by atoms with van der Waals surface area (Å²) in [7, 11) is 0. The molecule has 11 heteroatoms. The van der Waals surface area contributed by atoms with E-state index in [9.17, 15) is 14.0 Å². The lowest BCUT2D eigenvalue weighted by Crippen LogP contribution is -2.47. The van der Waals surface area contributed by atoms with Crippen molar-refractivity contribution in [2.24, 2.45) is 10.9 Å². The molecule has 0 saturated carbocycles. The molecule has 2 saturated heterocycles. The number of allylic oxidation sites excluding steroid dienone is 1. The molecule has 1 N–H and O–H groups in total. The largest absolute Gasteiger partial charge is 0.454 e. The minimum Gasteiger partial charge on any atom is -0.454 e. The zero-order valence-electron chi connectivity index (χ0n) is 20.5. The molecular weight excluding hydrogens is 497 g/mol. The zero-order valence-corrected chi connectivity index (χ0v) is 21.3. The molecule has 0 bridgehead atoms. The predicted molar refractivity (Wildman–Crippen MR) is 140 cm³/mol. The molecule has 1 aromatic rings. The van der Waals surface area contributed by atoms with Crippen LogP contribution in [0.1, 0.15) is 19.3 Å². The number of hydrogen-bond acceptors (Lipinski definition) is 7. The highest BCUT2D eigenvalue weighted by Gasteiger charge is 2.38. The Kier molecular flexibility index (Phi) is 7.80. The molecule has 0 aromatic heterocycles. The van der Waals surface area contributed by atoms with Crippen LogP contribution in [0.5, 0.6) is 0 Å². The Morgan fingerprint density at radius 2 is 1.89 bits per heavy atom. The fraction of sp³-hybridized carbons (Fsp3) is 0.462. The number of para-hydroxylation sites is 1. The number of anilines is 1. The van der Waals surface area contributed by atoms with Gasteiger partial charge >= 0.3 is 0 Å². The van der Waals surface area contributed by atoms with Gasteiger partial charge in [-0.25, -0.2) is 9.38 Å². The fourth-order valence-corrected chi connectivity index (χ4v) is 5.16. The third kappa shape index (κ3) is 5.83. The van der Waals surface area contributed by atoms with Gasteiger partial charge in [0.1, 0.15) is 11.7 Å². The first kappa shape index (κ1) is 25.3. The average Bonchev–Trinajstić information content (AvgIpc) is 3.36. The normalized spacial score (nSPS) is 21.3. The number of nitrogens with zero attached hydrogens (tertiary/aromatic N) is 4. The molecule has 0 spiro atoms. The number of thiocarbonyl (C=S) groups is 1. The van der Waals surface area contributed by atoms with E-state index < -0.39 is 5.92 Å². The molecule has 2 fully saturated rings. The Labute approximate surface area is 220 Å². The molecule has 37 heavy (non-hydrogen) atoms. The van der Waals surface area contributed by atoms with Crippen molar-refractivity contribution in [1.82, 2.24) is 15.1 Å². The van der Waals surface area contributed by atoms with E-state index in [1.807, 2.05) is 12.1 Å². The van der Waals surface area contributed by atoms with Crippen LogP contribution in [-0.4, -0.2) is 85.0 Å². The van der Waals surface area contributed by atoms with Gasteiger partial charge in [-0.3, -0.25) is 19.4 Å². The van der Waals surface area contributed by atoms with Crippen LogP contribution in [-0.2, 0) is 19.1 Å². The summed E-state index contributed by atoms with van der Waals surface area (Å²) in [5.41, 5.74) is 1.22. The number of carbonyl (C=O) groups excluding carboxylic acids is 2. The Morgan fingerprint density at radius 3 is 2.70 bits per heavy atom.